The first-order valence-corrected chi connectivity index (χ1v) is 7.41. The molecular formula is C17H13F2NO4. The summed E-state index contributed by atoms with van der Waals surface area (Å²) in [7, 11) is 0. The van der Waals surface area contributed by atoms with Crippen LogP contribution in [-0.4, -0.2) is 36.8 Å². The Balaban J connectivity index is 1.37. The van der Waals surface area contributed by atoms with Gasteiger partial charge in [0, 0.05) is 11.6 Å². The second kappa shape index (κ2) is 5.67. The maximum absolute atomic E-state index is 13.5. The van der Waals surface area contributed by atoms with Crippen molar-refractivity contribution in [3.8, 4) is 17.2 Å². The van der Waals surface area contributed by atoms with E-state index in [1.807, 2.05) is 0 Å². The number of carbonyl (C=O) groups excluding carboxylic acids is 1. The van der Waals surface area contributed by atoms with Crippen LogP contribution in [0.2, 0.25) is 0 Å². The molecular weight excluding hydrogens is 320 g/mol. The predicted octanol–water partition coefficient (Wildman–Crippen LogP) is 2.60. The molecule has 7 heteroatoms. The van der Waals surface area contributed by atoms with Gasteiger partial charge in [-0.2, -0.15) is 0 Å². The molecule has 0 spiro atoms. The molecule has 0 unspecified atom stereocenters. The molecule has 1 saturated heterocycles. The van der Waals surface area contributed by atoms with Gasteiger partial charge in [0.2, 0.25) is 6.79 Å². The largest absolute Gasteiger partial charge is 0.484 e. The summed E-state index contributed by atoms with van der Waals surface area (Å²) in [5.74, 6) is -0.432. The molecule has 5 nitrogen and oxygen atoms in total. The molecule has 2 aromatic carbocycles. The summed E-state index contributed by atoms with van der Waals surface area (Å²) in [5.41, 5.74) is 0.491. The van der Waals surface area contributed by atoms with Gasteiger partial charge in [0.05, 0.1) is 13.1 Å². The Labute approximate surface area is 136 Å². The third-order valence-electron chi connectivity index (χ3n) is 3.94. The van der Waals surface area contributed by atoms with Gasteiger partial charge in [-0.1, -0.05) is 0 Å². The zero-order chi connectivity index (χ0) is 16.7. The van der Waals surface area contributed by atoms with E-state index in [1.165, 1.54) is 6.07 Å². The Bertz CT molecular complexity index is 805. The number of ether oxygens (including phenoxy) is 3. The van der Waals surface area contributed by atoms with E-state index < -0.39 is 11.6 Å². The van der Waals surface area contributed by atoms with Gasteiger partial charge in [0.15, 0.2) is 23.1 Å². The van der Waals surface area contributed by atoms with Gasteiger partial charge in [0.25, 0.3) is 5.91 Å². The lowest BCUT2D eigenvalue weighted by Gasteiger charge is -2.39. The van der Waals surface area contributed by atoms with E-state index in [-0.39, 0.29) is 24.6 Å². The lowest BCUT2D eigenvalue weighted by Crippen LogP contribution is -2.56. The molecule has 2 aliphatic heterocycles. The fraction of sp³-hybridized carbons (Fsp3) is 0.235. The SMILES string of the molecule is O=C(c1ccc2c(c1)OCO2)N1CC(Oc2ccc(F)cc2F)C1. The molecule has 4 rings (SSSR count). The molecule has 1 amide bonds. The normalized spacial score (nSPS) is 16.0. The first kappa shape index (κ1) is 14.7. The predicted molar refractivity (Wildman–Crippen MR) is 79.2 cm³/mol. The highest BCUT2D eigenvalue weighted by molar-refractivity contribution is 5.95. The molecule has 0 N–H and O–H groups in total. The Morgan fingerprint density at radius 1 is 1.08 bits per heavy atom. The molecule has 0 aromatic heterocycles. The highest BCUT2D eigenvalue weighted by Crippen LogP contribution is 2.33. The summed E-state index contributed by atoms with van der Waals surface area (Å²) in [6.45, 7) is 0.823. The summed E-state index contributed by atoms with van der Waals surface area (Å²) in [5, 5.41) is 0. The first-order chi connectivity index (χ1) is 11.6. The molecule has 1 fully saturated rings. The van der Waals surface area contributed by atoms with E-state index in [9.17, 15) is 13.6 Å². The molecule has 2 aliphatic rings. The Morgan fingerprint density at radius 3 is 2.67 bits per heavy atom. The van der Waals surface area contributed by atoms with Crippen LogP contribution in [0, 0.1) is 11.6 Å². The van der Waals surface area contributed by atoms with E-state index >= 15 is 0 Å². The van der Waals surface area contributed by atoms with Crippen molar-refractivity contribution < 1.29 is 27.8 Å². The van der Waals surface area contributed by atoms with Crippen molar-refractivity contribution in [3.05, 3.63) is 53.6 Å². The Morgan fingerprint density at radius 2 is 1.88 bits per heavy atom. The van der Waals surface area contributed by atoms with Crippen molar-refractivity contribution in [2.45, 2.75) is 6.10 Å². The molecule has 24 heavy (non-hydrogen) atoms. The minimum absolute atomic E-state index is 0.0171. The smallest absolute Gasteiger partial charge is 0.254 e. The third-order valence-corrected chi connectivity index (χ3v) is 3.94. The second-order valence-electron chi connectivity index (χ2n) is 5.59. The number of amides is 1. The fourth-order valence-corrected chi connectivity index (χ4v) is 2.64. The van der Waals surface area contributed by atoms with Crippen LogP contribution >= 0.6 is 0 Å². The number of hydrogen-bond donors (Lipinski definition) is 0. The van der Waals surface area contributed by atoms with Crippen LogP contribution in [0.25, 0.3) is 0 Å². The Hall–Kier alpha value is -2.83. The minimum Gasteiger partial charge on any atom is -0.484 e. The molecule has 0 atom stereocenters. The number of hydrogen-bond acceptors (Lipinski definition) is 4. The van der Waals surface area contributed by atoms with Crippen molar-refractivity contribution in [2.24, 2.45) is 0 Å². The van der Waals surface area contributed by atoms with E-state index in [1.54, 1.807) is 23.1 Å². The number of fused-ring (bicyclic) bond motifs is 1. The highest BCUT2D eigenvalue weighted by Gasteiger charge is 2.34. The van der Waals surface area contributed by atoms with Crippen LogP contribution < -0.4 is 14.2 Å². The van der Waals surface area contributed by atoms with E-state index in [2.05, 4.69) is 0 Å². The van der Waals surface area contributed by atoms with Gasteiger partial charge in [-0.05, 0) is 30.3 Å². The summed E-state index contributed by atoms with van der Waals surface area (Å²) in [4.78, 5) is 14.0. The van der Waals surface area contributed by atoms with Crippen LogP contribution in [0.3, 0.4) is 0 Å². The number of carbonyl (C=O) groups is 1. The molecule has 0 bridgehead atoms. The van der Waals surface area contributed by atoms with Crippen molar-refractivity contribution in [2.75, 3.05) is 19.9 Å². The summed E-state index contributed by atoms with van der Waals surface area (Å²) in [6, 6.07) is 8.14. The van der Waals surface area contributed by atoms with Crippen LogP contribution in [0.4, 0.5) is 8.78 Å². The highest BCUT2D eigenvalue weighted by atomic mass is 19.1. The second-order valence-corrected chi connectivity index (χ2v) is 5.59. The fourth-order valence-electron chi connectivity index (χ4n) is 2.64. The molecule has 0 radical (unpaired) electrons. The lowest BCUT2D eigenvalue weighted by atomic mass is 10.1. The maximum Gasteiger partial charge on any atom is 0.254 e. The monoisotopic (exact) mass is 333 g/mol. The topological polar surface area (TPSA) is 48.0 Å². The molecule has 2 aromatic rings. The van der Waals surface area contributed by atoms with Gasteiger partial charge >= 0.3 is 0 Å². The van der Waals surface area contributed by atoms with E-state index in [0.29, 0.717) is 30.2 Å². The van der Waals surface area contributed by atoms with Gasteiger partial charge in [-0.25, -0.2) is 8.78 Å². The standard InChI is InChI=1S/C17H13F2NO4/c18-11-2-4-14(13(19)6-11)24-12-7-20(8-12)17(21)10-1-3-15-16(5-10)23-9-22-15/h1-6,12H,7-9H2. The van der Waals surface area contributed by atoms with Crippen LogP contribution in [0.1, 0.15) is 10.4 Å². The van der Waals surface area contributed by atoms with Gasteiger partial charge in [0.1, 0.15) is 11.9 Å². The average molecular weight is 333 g/mol. The number of halogens is 2. The minimum atomic E-state index is -0.754. The molecule has 0 aliphatic carbocycles. The van der Waals surface area contributed by atoms with Gasteiger partial charge < -0.3 is 19.1 Å². The number of benzene rings is 2. The molecule has 2 heterocycles. The van der Waals surface area contributed by atoms with Crippen molar-refractivity contribution in [3.63, 3.8) is 0 Å². The van der Waals surface area contributed by atoms with E-state index in [4.69, 9.17) is 14.2 Å². The summed E-state index contributed by atoms with van der Waals surface area (Å²) < 4.78 is 42.3. The van der Waals surface area contributed by atoms with Gasteiger partial charge in [-0.15, -0.1) is 0 Å². The summed E-state index contributed by atoms with van der Waals surface area (Å²) >= 11 is 0. The van der Waals surface area contributed by atoms with Gasteiger partial charge in [-0.3, -0.25) is 4.79 Å². The summed E-state index contributed by atoms with van der Waals surface area (Å²) in [6.07, 6.45) is -0.317. The number of rotatable bonds is 3. The van der Waals surface area contributed by atoms with Crippen molar-refractivity contribution >= 4 is 5.91 Å². The molecule has 124 valence electrons. The zero-order valence-corrected chi connectivity index (χ0v) is 12.5. The van der Waals surface area contributed by atoms with Crippen molar-refractivity contribution in [1.82, 2.24) is 4.90 Å². The maximum atomic E-state index is 13.5. The van der Waals surface area contributed by atoms with Crippen LogP contribution in [0.5, 0.6) is 17.2 Å². The van der Waals surface area contributed by atoms with E-state index in [0.717, 1.165) is 12.1 Å². The van der Waals surface area contributed by atoms with Crippen molar-refractivity contribution in [1.29, 1.82) is 0 Å². The van der Waals surface area contributed by atoms with Crippen LogP contribution in [-0.2, 0) is 0 Å². The van der Waals surface area contributed by atoms with Crippen LogP contribution in [0.15, 0.2) is 36.4 Å². The average Bonchev–Trinajstić information content (AvgIpc) is 2.99. The quantitative estimate of drug-likeness (QED) is 0.866. The number of likely N-dealkylation sites (tertiary alicyclic amines) is 1. The first-order valence-electron chi connectivity index (χ1n) is 7.41. The number of nitrogens with zero attached hydrogens (tertiary/aromatic N) is 1. The third kappa shape index (κ3) is 2.62. The lowest BCUT2D eigenvalue weighted by molar-refractivity contribution is 0.0163. The zero-order valence-electron chi connectivity index (χ0n) is 12.5. The molecule has 0 saturated carbocycles. The Kier molecular flexibility index (Phi) is 3.48.